The van der Waals surface area contributed by atoms with E-state index >= 15 is 0 Å². The monoisotopic (exact) mass is 282 g/mol. The maximum atomic E-state index is 11.0. The minimum atomic E-state index is -1.23. The van der Waals surface area contributed by atoms with Crippen LogP contribution in [0.1, 0.15) is 16.8 Å². The molecule has 1 aromatic rings. The summed E-state index contributed by atoms with van der Waals surface area (Å²) in [6, 6.07) is 3.58. The van der Waals surface area contributed by atoms with Crippen LogP contribution in [0, 0.1) is 10.1 Å². The molecule has 1 saturated heterocycles. The number of nitrogens with one attached hydrogen (secondary N) is 1. The largest absolute Gasteiger partial charge is 0.478 e. The Morgan fingerprint density at radius 1 is 1.55 bits per heavy atom. The van der Waals surface area contributed by atoms with E-state index in [2.05, 4.69) is 5.32 Å². The van der Waals surface area contributed by atoms with Gasteiger partial charge in [-0.05, 0) is 12.1 Å². The van der Waals surface area contributed by atoms with Crippen molar-refractivity contribution in [2.24, 2.45) is 0 Å². The van der Waals surface area contributed by atoms with Gasteiger partial charge in [0.15, 0.2) is 0 Å². The number of carboxylic acid groups (broad SMARTS) is 1. The summed E-state index contributed by atoms with van der Waals surface area (Å²) in [7, 11) is 0. The number of nitro benzene ring substituents is 1. The third kappa shape index (κ3) is 3.03. The van der Waals surface area contributed by atoms with Crippen molar-refractivity contribution in [2.75, 3.05) is 25.1 Å². The molecule has 0 radical (unpaired) electrons. The first kappa shape index (κ1) is 14.2. The van der Waals surface area contributed by atoms with Crippen molar-refractivity contribution < 1.29 is 24.7 Å². The molecule has 1 fully saturated rings. The van der Waals surface area contributed by atoms with Gasteiger partial charge in [0.25, 0.3) is 5.69 Å². The number of benzene rings is 1. The maximum Gasteiger partial charge on any atom is 0.335 e. The molecular weight excluding hydrogens is 268 g/mol. The van der Waals surface area contributed by atoms with Crippen LogP contribution in [0.15, 0.2) is 18.2 Å². The highest BCUT2D eigenvalue weighted by atomic mass is 16.6. The number of carbonyl (C=O) groups is 1. The highest BCUT2D eigenvalue weighted by molar-refractivity contribution is 5.89. The molecule has 1 aliphatic heterocycles. The Bertz CT molecular complexity index is 539. The van der Waals surface area contributed by atoms with Crippen LogP contribution in [0.4, 0.5) is 11.4 Å². The highest BCUT2D eigenvalue weighted by Gasteiger charge is 2.32. The van der Waals surface area contributed by atoms with Crippen LogP contribution in [0.2, 0.25) is 0 Å². The molecule has 1 heterocycles. The third-order valence-electron chi connectivity index (χ3n) is 3.13. The second kappa shape index (κ2) is 5.43. The lowest BCUT2D eigenvalue weighted by Crippen LogP contribution is -2.37. The minimum absolute atomic E-state index is 0.0975. The average molecular weight is 282 g/mol. The summed E-state index contributed by atoms with van der Waals surface area (Å²) in [5.41, 5.74) is -1.39. The van der Waals surface area contributed by atoms with Gasteiger partial charge in [-0.1, -0.05) is 0 Å². The lowest BCUT2D eigenvalue weighted by molar-refractivity contribution is -0.384. The number of rotatable bonds is 5. The van der Waals surface area contributed by atoms with E-state index in [0.29, 0.717) is 13.0 Å². The third-order valence-corrected chi connectivity index (χ3v) is 3.13. The van der Waals surface area contributed by atoms with Gasteiger partial charge in [-0.25, -0.2) is 4.79 Å². The number of nitrogens with zero attached hydrogens (tertiary/aromatic N) is 1. The van der Waals surface area contributed by atoms with Gasteiger partial charge < -0.3 is 20.3 Å². The Morgan fingerprint density at radius 2 is 2.30 bits per heavy atom. The van der Waals surface area contributed by atoms with Gasteiger partial charge in [0.2, 0.25) is 0 Å². The highest BCUT2D eigenvalue weighted by Crippen LogP contribution is 2.27. The molecule has 8 nitrogen and oxygen atoms in total. The number of hydrogen-bond donors (Lipinski definition) is 3. The molecule has 3 N–H and O–H groups in total. The molecule has 1 aliphatic rings. The van der Waals surface area contributed by atoms with Crippen LogP contribution >= 0.6 is 0 Å². The quantitative estimate of drug-likeness (QED) is 0.540. The number of carboxylic acids is 1. The summed E-state index contributed by atoms with van der Waals surface area (Å²) in [6.07, 6.45) is 0.445. The zero-order valence-electron chi connectivity index (χ0n) is 10.5. The van der Waals surface area contributed by atoms with E-state index in [-0.39, 0.29) is 30.1 Å². The molecule has 0 saturated carbocycles. The Kier molecular flexibility index (Phi) is 3.86. The summed E-state index contributed by atoms with van der Waals surface area (Å²) in [4.78, 5) is 21.1. The molecule has 1 atom stereocenters. The van der Waals surface area contributed by atoms with Gasteiger partial charge in [-0.3, -0.25) is 10.1 Å². The van der Waals surface area contributed by atoms with Crippen LogP contribution in [0.5, 0.6) is 0 Å². The lowest BCUT2D eigenvalue weighted by Gasteiger charge is -2.21. The van der Waals surface area contributed by atoms with Gasteiger partial charge in [0, 0.05) is 25.6 Å². The first-order chi connectivity index (χ1) is 9.41. The van der Waals surface area contributed by atoms with Crippen LogP contribution in [-0.2, 0) is 4.74 Å². The van der Waals surface area contributed by atoms with E-state index in [9.17, 15) is 20.0 Å². The normalized spacial score (nSPS) is 21.6. The van der Waals surface area contributed by atoms with Crippen molar-refractivity contribution in [3.63, 3.8) is 0 Å². The van der Waals surface area contributed by atoms with Gasteiger partial charge in [0.05, 0.1) is 17.1 Å². The van der Waals surface area contributed by atoms with Gasteiger partial charge >= 0.3 is 5.97 Å². The summed E-state index contributed by atoms with van der Waals surface area (Å²) < 4.78 is 5.08. The second-order valence-electron chi connectivity index (χ2n) is 4.67. The first-order valence-corrected chi connectivity index (χ1v) is 5.97. The minimum Gasteiger partial charge on any atom is -0.478 e. The standard InChI is InChI=1S/C12H14N2O6/c15-11(16)8-1-2-9(10(5-8)14(18)19)13-6-12(17)3-4-20-7-12/h1-2,5,13,17H,3-4,6-7H2,(H,15,16). The van der Waals surface area contributed by atoms with E-state index in [0.717, 1.165) is 6.07 Å². The zero-order chi connectivity index (χ0) is 14.8. The summed E-state index contributed by atoms with van der Waals surface area (Å²) in [5.74, 6) is -1.23. The lowest BCUT2D eigenvalue weighted by atomic mass is 10.0. The van der Waals surface area contributed by atoms with Crippen molar-refractivity contribution in [1.29, 1.82) is 0 Å². The molecule has 0 aliphatic carbocycles. The van der Waals surface area contributed by atoms with E-state index in [1.165, 1.54) is 12.1 Å². The van der Waals surface area contributed by atoms with Crippen molar-refractivity contribution in [2.45, 2.75) is 12.0 Å². The topological polar surface area (TPSA) is 122 Å². The van der Waals surface area contributed by atoms with Crippen LogP contribution < -0.4 is 5.32 Å². The predicted octanol–water partition coefficient (Wildman–Crippen LogP) is 0.856. The fourth-order valence-corrected chi connectivity index (χ4v) is 1.96. The average Bonchev–Trinajstić information content (AvgIpc) is 2.83. The second-order valence-corrected chi connectivity index (χ2v) is 4.67. The molecule has 0 spiro atoms. The molecule has 2 rings (SSSR count). The summed E-state index contributed by atoms with van der Waals surface area (Å²) >= 11 is 0. The number of nitro groups is 1. The van der Waals surface area contributed by atoms with E-state index in [1.807, 2.05) is 0 Å². The van der Waals surface area contributed by atoms with Gasteiger partial charge in [-0.15, -0.1) is 0 Å². The van der Waals surface area contributed by atoms with Crippen molar-refractivity contribution in [1.82, 2.24) is 0 Å². The first-order valence-electron chi connectivity index (χ1n) is 5.97. The Balaban J connectivity index is 2.18. The molecule has 1 aromatic carbocycles. The Labute approximate surface area is 114 Å². The summed E-state index contributed by atoms with van der Waals surface area (Å²) in [6.45, 7) is 0.708. The number of anilines is 1. The van der Waals surface area contributed by atoms with Gasteiger partial charge in [-0.2, -0.15) is 0 Å². The van der Waals surface area contributed by atoms with Crippen LogP contribution in [0.3, 0.4) is 0 Å². The zero-order valence-corrected chi connectivity index (χ0v) is 10.5. The molecule has 0 amide bonds. The molecule has 1 unspecified atom stereocenters. The molecule has 108 valence electrons. The molecule has 20 heavy (non-hydrogen) atoms. The summed E-state index contributed by atoms with van der Waals surface area (Å²) in [5, 5.41) is 32.6. The molecular formula is C12H14N2O6. The van der Waals surface area contributed by atoms with Gasteiger partial charge in [0.1, 0.15) is 11.3 Å². The van der Waals surface area contributed by atoms with Crippen molar-refractivity contribution >= 4 is 17.3 Å². The molecule has 8 heteroatoms. The molecule has 0 bridgehead atoms. The van der Waals surface area contributed by atoms with Crippen molar-refractivity contribution in [3.05, 3.63) is 33.9 Å². The molecule has 0 aromatic heterocycles. The maximum absolute atomic E-state index is 11.0. The number of ether oxygens (including phenoxy) is 1. The Hall–Kier alpha value is -2.19. The fourth-order valence-electron chi connectivity index (χ4n) is 1.96. The SMILES string of the molecule is O=C(O)c1ccc(NCC2(O)CCOC2)c([N+](=O)[O-])c1. The predicted molar refractivity (Wildman–Crippen MR) is 68.9 cm³/mol. The number of aliphatic hydroxyl groups is 1. The smallest absolute Gasteiger partial charge is 0.335 e. The Morgan fingerprint density at radius 3 is 2.85 bits per heavy atom. The van der Waals surface area contributed by atoms with Crippen LogP contribution in [0.25, 0.3) is 0 Å². The number of aromatic carboxylic acids is 1. The van der Waals surface area contributed by atoms with E-state index in [4.69, 9.17) is 9.84 Å². The fraction of sp³-hybridized carbons (Fsp3) is 0.417. The van der Waals surface area contributed by atoms with Crippen molar-refractivity contribution in [3.8, 4) is 0 Å². The van der Waals surface area contributed by atoms with Crippen LogP contribution in [-0.4, -0.2) is 46.5 Å². The number of hydrogen-bond acceptors (Lipinski definition) is 6. The van der Waals surface area contributed by atoms with E-state index in [1.54, 1.807) is 0 Å². The van der Waals surface area contributed by atoms with E-state index < -0.39 is 16.5 Å².